The maximum atomic E-state index is 9.16. The fraction of sp³-hybridized carbons (Fsp3) is 0.647. The third-order valence-corrected chi connectivity index (χ3v) is 4.34. The summed E-state index contributed by atoms with van der Waals surface area (Å²) in [4.78, 5) is 0. The molecule has 0 heterocycles. The third-order valence-electron chi connectivity index (χ3n) is 3.10. The second-order valence-electron chi connectivity index (χ2n) is 5.57. The summed E-state index contributed by atoms with van der Waals surface area (Å²) in [6, 6.07) is 8.66. The first kappa shape index (κ1) is 18.3. The van der Waals surface area contributed by atoms with Gasteiger partial charge >= 0.3 is 0 Å². The second kappa shape index (κ2) is 10.1. The molecule has 0 aliphatic rings. The summed E-state index contributed by atoms with van der Waals surface area (Å²) in [5.74, 6) is 1.88. The van der Waals surface area contributed by atoms with E-state index in [4.69, 9.17) is 9.84 Å². The zero-order chi connectivity index (χ0) is 15.7. The van der Waals surface area contributed by atoms with Crippen LogP contribution in [0, 0.1) is 0 Å². The molecule has 0 spiro atoms. The van der Waals surface area contributed by atoms with Gasteiger partial charge in [-0.2, -0.15) is 11.8 Å². The lowest BCUT2D eigenvalue weighted by Crippen LogP contribution is -2.25. The maximum Gasteiger partial charge on any atom is 0.119 e. The summed E-state index contributed by atoms with van der Waals surface area (Å²) in [7, 11) is 0. The molecule has 0 aromatic heterocycles. The van der Waals surface area contributed by atoms with E-state index in [1.165, 1.54) is 5.56 Å². The Morgan fingerprint density at radius 3 is 2.38 bits per heavy atom. The number of hydrogen-bond donors (Lipinski definition) is 2. The quantitative estimate of drug-likeness (QED) is 0.692. The van der Waals surface area contributed by atoms with Crippen LogP contribution in [0.1, 0.15) is 45.7 Å². The molecule has 0 bridgehead atoms. The fourth-order valence-electron chi connectivity index (χ4n) is 1.96. The summed E-state index contributed by atoms with van der Waals surface area (Å²) in [5, 5.41) is 13.0. The van der Waals surface area contributed by atoms with Gasteiger partial charge in [0.1, 0.15) is 5.75 Å². The summed E-state index contributed by atoms with van der Waals surface area (Å²) < 4.78 is 5.69. The Morgan fingerprint density at radius 2 is 1.86 bits per heavy atom. The van der Waals surface area contributed by atoms with E-state index in [9.17, 15) is 0 Å². The van der Waals surface area contributed by atoms with Gasteiger partial charge in [-0.25, -0.2) is 0 Å². The van der Waals surface area contributed by atoms with E-state index >= 15 is 0 Å². The van der Waals surface area contributed by atoms with Crippen LogP contribution in [0.25, 0.3) is 0 Å². The fourth-order valence-corrected chi connectivity index (χ4v) is 2.89. The van der Waals surface area contributed by atoms with E-state index in [1.807, 2.05) is 26.0 Å². The van der Waals surface area contributed by atoms with Crippen LogP contribution in [0.4, 0.5) is 0 Å². The van der Waals surface area contributed by atoms with Crippen molar-refractivity contribution in [1.29, 1.82) is 0 Å². The van der Waals surface area contributed by atoms with Crippen molar-refractivity contribution < 1.29 is 9.84 Å². The molecular weight excluding hydrogens is 282 g/mol. The molecule has 0 saturated carbocycles. The molecular formula is C17H29NO2S. The van der Waals surface area contributed by atoms with E-state index in [2.05, 4.69) is 31.3 Å². The number of benzene rings is 1. The lowest BCUT2D eigenvalue weighted by atomic mass is 10.1. The summed E-state index contributed by atoms with van der Waals surface area (Å²) in [6.07, 6.45) is 1.32. The van der Waals surface area contributed by atoms with Gasteiger partial charge in [0.25, 0.3) is 0 Å². The van der Waals surface area contributed by atoms with Gasteiger partial charge in [-0.15, -0.1) is 0 Å². The van der Waals surface area contributed by atoms with E-state index in [-0.39, 0.29) is 18.0 Å². The average molecular weight is 311 g/mol. The van der Waals surface area contributed by atoms with Crippen molar-refractivity contribution in [3.05, 3.63) is 29.8 Å². The summed E-state index contributed by atoms with van der Waals surface area (Å²) >= 11 is 1.80. The molecule has 1 aromatic rings. The summed E-state index contributed by atoms with van der Waals surface area (Å²) in [5.41, 5.74) is 1.28. The molecule has 2 N–H and O–H groups in total. The standard InChI is InChI=1S/C17H29NO2S/c1-5-10-18-17(12-21-14(4)11-19)15-6-8-16(9-7-15)20-13(2)3/h6-9,13-14,17-19H,5,10-12H2,1-4H3. The van der Waals surface area contributed by atoms with Crippen LogP contribution in [-0.2, 0) is 0 Å². The van der Waals surface area contributed by atoms with Crippen molar-refractivity contribution in [2.45, 2.75) is 51.5 Å². The predicted octanol–water partition coefficient (Wildman–Crippen LogP) is 3.63. The van der Waals surface area contributed by atoms with Crippen LogP contribution in [0.5, 0.6) is 5.75 Å². The van der Waals surface area contributed by atoms with Gasteiger partial charge in [-0.1, -0.05) is 26.0 Å². The number of ether oxygens (including phenoxy) is 1. The Kier molecular flexibility index (Phi) is 8.81. The Hall–Kier alpha value is -0.710. The number of rotatable bonds is 10. The molecule has 1 aromatic carbocycles. The average Bonchev–Trinajstić information content (AvgIpc) is 2.47. The SMILES string of the molecule is CCCNC(CSC(C)CO)c1ccc(OC(C)C)cc1. The number of thioether (sulfide) groups is 1. The second-order valence-corrected chi connectivity index (χ2v) is 7.04. The zero-order valence-corrected chi connectivity index (χ0v) is 14.5. The Morgan fingerprint density at radius 1 is 1.19 bits per heavy atom. The van der Waals surface area contributed by atoms with Crippen LogP contribution in [0.2, 0.25) is 0 Å². The van der Waals surface area contributed by atoms with Gasteiger partial charge < -0.3 is 15.2 Å². The number of aliphatic hydroxyl groups excluding tert-OH is 1. The first-order valence-electron chi connectivity index (χ1n) is 7.79. The Labute approximate surface area is 133 Å². The molecule has 2 atom stereocenters. The normalized spacial score (nSPS) is 14.2. The molecule has 0 aliphatic carbocycles. The van der Waals surface area contributed by atoms with E-state index < -0.39 is 0 Å². The largest absolute Gasteiger partial charge is 0.491 e. The molecule has 0 aliphatic heterocycles. The topological polar surface area (TPSA) is 41.5 Å². The molecule has 0 radical (unpaired) electrons. The molecule has 21 heavy (non-hydrogen) atoms. The number of hydrogen-bond acceptors (Lipinski definition) is 4. The molecule has 0 fully saturated rings. The van der Waals surface area contributed by atoms with Crippen LogP contribution in [0.15, 0.2) is 24.3 Å². The number of aliphatic hydroxyl groups is 1. The van der Waals surface area contributed by atoms with Crippen LogP contribution < -0.4 is 10.1 Å². The molecule has 0 amide bonds. The van der Waals surface area contributed by atoms with Crippen molar-refractivity contribution in [1.82, 2.24) is 5.32 Å². The molecule has 0 saturated heterocycles. The minimum absolute atomic E-state index is 0.200. The highest BCUT2D eigenvalue weighted by atomic mass is 32.2. The Balaban J connectivity index is 2.67. The maximum absolute atomic E-state index is 9.16. The minimum Gasteiger partial charge on any atom is -0.491 e. The van der Waals surface area contributed by atoms with E-state index in [0.29, 0.717) is 6.04 Å². The van der Waals surface area contributed by atoms with E-state index in [1.54, 1.807) is 11.8 Å². The lowest BCUT2D eigenvalue weighted by molar-refractivity contribution is 0.242. The molecule has 4 heteroatoms. The number of nitrogens with one attached hydrogen (secondary N) is 1. The van der Waals surface area contributed by atoms with Crippen molar-refractivity contribution in [2.75, 3.05) is 18.9 Å². The van der Waals surface area contributed by atoms with Gasteiger partial charge in [0, 0.05) is 17.0 Å². The highest BCUT2D eigenvalue weighted by Crippen LogP contribution is 2.23. The van der Waals surface area contributed by atoms with Gasteiger partial charge in [-0.3, -0.25) is 0 Å². The minimum atomic E-state index is 0.200. The third kappa shape index (κ3) is 7.21. The highest BCUT2D eigenvalue weighted by Gasteiger charge is 2.13. The predicted molar refractivity (Wildman–Crippen MR) is 92.2 cm³/mol. The lowest BCUT2D eigenvalue weighted by Gasteiger charge is -2.21. The van der Waals surface area contributed by atoms with Gasteiger partial charge in [0.05, 0.1) is 12.7 Å². The van der Waals surface area contributed by atoms with E-state index in [0.717, 1.165) is 24.5 Å². The van der Waals surface area contributed by atoms with Crippen LogP contribution in [-0.4, -0.2) is 35.4 Å². The monoisotopic (exact) mass is 311 g/mol. The molecule has 120 valence electrons. The van der Waals surface area contributed by atoms with Gasteiger partial charge in [0.15, 0.2) is 0 Å². The molecule has 3 nitrogen and oxygen atoms in total. The van der Waals surface area contributed by atoms with Crippen LogP contribution in [0.3, 0.4) is 0 Å². The molecule has 1 rings (SSSR count). The van der Waals surface area contributed by atoms with Gasteiger partial charge in [0.2, 0.25) is 0 Å². The van der Waals surface area contributed by atoms with Gasteiger partial charge in [-0.05, 0) is 44.5 Å². The van der Waals surface area contributed by atoms with Crippen molar-refractivity contribution in [3.63, 3.8) is 0 Å². The van der Waals surface area contributed by atoms with Crippen LogP contribution >= 0.6 is 11.8 Å². The Bertz CT molecular complexity index is 381. The first-order chi connectivity index (χ1) is 10.1. The zero-order valence-electron chi connectivity index (χ0n) is 13.6. The smallest absolute Gasteiger partial charge is 0.119 e. The van der Waals surface area contributed by atoms with Crippen molar-refractivity contribution >= 4 is 11.8 Å². The van der Waals surface area contributed by atoms with Crippen molar-refractivity contribution in [3.8, 4) is 5.75 Å². The molecule has 2 unspecified atom stereocenters. The highest BCUT2D eigenvalue weighted by molar-refractivity contribution is 7.99. The first-order valence-corrected chi connectivity index (χ1v) is 8.84. The van der Waals surface area contributed by atoms with Crippen molar-refractivity contribution in [2.24, 2.45) is 0 Å². The summed E-state index contributed by atoms with van der Waals surface area (Å²) in [6.45, 7) is 9.53.